The highest BCUT2D eigenvalue weighted by atomic mass is 19.1. The van der Waals surface area contributed by atoms with Crippen LogP contribution in [0.5, 0.6) is 11.5 Å². The molecule has 0 saturated carbocycles. The lowest BCUT2D eigenvalue weighted by Crippen LogP contribution is -2.26. The molecule has 8 heteroatoms. The maximum absolute atomic E-state index is 13.6. The number of ether oxygens (including phenoxy) is 1. The number of hydrogen-bond acceptors (Lipinski definition) is 5. The highest BCUT2D eigenvalue weighted by molar-refractivity contribution is 5.95. The lowest BCUT2D eigenvalue weighted by Gasteiger charge is -2.16. The smallest absolute Gasteiger partial charge is 0.299 e. The Bertz CT molecular complexity index is 1690. The van der Waals surface area contributed by atoms with Crippen LogP contribution in [0.15, 0.2) is 114 Å². The van der Waals surface area contributed by atoms with Gasteiger partial charge in [-0.05, 0) is 74.0 Å². The summed E-state index contributed by atoms with van der Waals surface area (Å²) in [5.74, 6) is 0.0397. The maximum Gasteiger partial charge on any atom is 0.299 e. The van der Waals surface area contributed by atoms with Crippen LogP contribution in [0.25, 0.3) is 5.69 Å². The SMILES string of the molecule is Cc1ccc(Oc2cnn(-c3ccc(F)cc3)c(=O)c2Nc2cccc(C(=O)N[C@H](C)c3ccccc3)c2)cc1. The predicted molar refractivity (Wildman–Crippen MR) is 153 cm³/mol. The third-order valence-corrected chi connectivity index (χ3v) is 6.30. The first-order valence-electron chi connectivity index (χ1n) is 12.7. The van der Waals surface area contributed by atoms with Gasteiger partial charge in [0.1, 0.15) is 11.6 Å². The minimum atomic E-state index is -0.510. The van der Waals surface area contributed by atoms with Crippen molar-refractivity contribution in [3.63, 3.8) is 0 Å². The molecule has 0 unspecified atom stereocenters. The molecule has 0 spiro atoms. The van der Waals surface area contributed by atoms with Crippen LogP contribution in [0, 0.1) is 12.7 Å². The van der Waals surface area contributed by atoms with E-state index >= 15 is 0 Å². The average molecular weight is 535 g/mol. The number of nitrogens with zero attached hydrogens (tertiary/aromatic N) is 2. The zero-order valence-corrected chi connectivity index (χ0v) is 22.0. The number of amides is 1. The molecule has 0 radical (unpaired) electrons. The Labute approximate surface area is 230 Å². The monoisotopic (exact) mass is 534 g/mol. The van der Waals surface area contributed by atoms with Gasteiger partial charge in [-0.25, -0.2) is 4.39 Å². The Kier molecular flexibility index (Phi) is 7.68. The summed E-state index contributed by atoms with van der Waals surface area (Å²) in [6.07, 6.45) is 1.42. The van der Waals surface area contributed by atoms with Crippen LogP contribution in [0.3, 0.4) is 0 Å². The molecule has 0 aliphatic carbocycles. The number of rotatable bonds is 8. The van der Waals surface area contributed by atoms with Gasteiger partial charge in [0.2, 0.25) is 0 Å². The Morgan fingerprint density at radius 1 is 0.925 bits per heavy atom. The van der Waals surface area contributed by atoms with Gasteiger partial charge in [-0.1, -0.05) is 54.1 Å². The second-order valence-corrected chi connectivity index (χ2v) is 9.30. The molecule has 2 N–H and O–H groups in total. The van der Waals surface area contributed by atoms with Crippen LogP contribution in [-0.2, 0) is 0 Å². The van der Waals surface area contributed by atoms with Gasteiger partial charge in [-0.15, -0.1) is 0 Å². The lowest BCUT2D eigenvalue weighted by molar-refractivity contribution is 0.0940. The van der Waals surface area contributed by atoms with Crippen molar-refractivity contribution in [2.45, 2.75) is 19.9 Å². The summed E-state index contributed by atoms with van der Waals surface area (Å²) in [4.78, 5) is 26.7. The van der Waals surface area contributed by atoms with E-state index in [1.54, 1.807) is 36.4 Å². The molecule has 5 rings (SSSR count). The predicted octanol–water partition coefficient (Wildman–Crippen LogP) is 6.71. The van der Waals surface area contributed by atoms with Crippen LogP contribution in [0.1, 0.15) is 34.5 Å². The largest absolute Gasteiger partial charge is 0.453 e. The normalized spacial score (nSPS) is 11.5. The molecule has 1 heterocycles. The third-order valence-electron chi connectivity index (χ3n) is 6.30. The minimum Gasteiger partial charge on any atom is -0.453 e. The molecule has 7 nitrogen and oxygen atoms in total. The first kappa shape index (κ1) is 26.4. The fourth-order valence-electron chi connectivity index (χ4n) is 4.12. The molecule has 0 aliphatic heterocycles. The summed E-state index contributed by atoms with van der Waals surface area (Å²) >= 11 is 0. The van der Waals surface area contributed by atoms with Gasteiger partial charge in [-0.2, -0.15) is 9.78 Å². The zero-order valence-electron chi connectivity index (χ0n) is 22.0. The molecule has 5 aromatic rings. The standard InChI is InChI=1S/C32H27FN4O3/c1-21-11-17-28(18-12-21)40-29-20-34-37(27-15-13-25(33)14-16-27)32(39)30(29)36-26-10-6-9-24(19-26)31(38)35-22(2)23-7-4-3-5-8-23/h3-20,22,36H,1-2H3,(H,35,38)/t22-/m1/s1. The number of benzene rings is 4. The molecule has 0 bridgehead atoms. The first-order valence-corrected chi connectivity index (χ1v) is 12.7. The molecule has 1 atom stereocenters. The van der Waals surface area contributed by atoms with Crippen LogP contribution >= 0.6 is 0 Å². The van der Waals surface area contributed by atoms with Crippen molar-refractivity contribution >= 4 is 17.3 Å². The molecule has 0 saturated heterocycles. The summed E-state index contributed by atoms with van der Waals surface area (Å²) in [5, 5.41) is 10.4. The fraction of sp³-hybridized carbons (Fsp3) is 0.0938. The van der Waals surface area contributed by atoms with Crippen LogP contribution in [-0.4, -0.2) is 15.7 Å². The van der Waals surface area contributed by atoms with Crippen molar-refractivity contribution in [3.05, 3.63) is 142 Å². The van der Waals surface area contributed by atoms with E-state index in [9.17, 15) is 14.0 Å². The van der Waals surface area contributed by atoms with Crippen molar-refractivity contribution in [1.29, 1.82) is 0 Å². The Hall–Kier alpha value is -5.24. The van der Waals surface area contributed by atoms with Crippen molar-refractivity contribution in [1.82, 2.24) is 15.1 Å². The molecule has 40 heavy (non-hydrogen) atoms. The number of nitrogens with one attached hydrogen (secondary N) is 2. The number of hydrogen-bond donors (Lipinski definition) is 2. The first-order chi connectivity index (χ1) is 19.4. The quantitative estimate of drug-likeness (QED) is 0.231. The maximum atomic E-state index is 13.6. The lowest BCUT2D eigenvalue weighted by atomic mass is 10.1. The molecule has 1 aromatic heterocycles. The number of aromatic nitrogens is 2. The third kappa shape index (κ3) is 6.07. The Morgan fingerprint density at radius 2 is 1.65 bits per heavy atom. The highest BCUT2D eigenvalue weighted by Crippen LogP contribution is 2.29. The molecule has 1 amide bonds. The number of carbonyl (C=O) groups is 1. The van der Waals surface area contributed by atoms with E-state index < -0.39 is 11.4 Å². The molecule has 4 aromatic carbocycles. The second kappa shape index (κ2) is 11.7. The minimum absolute atomic E-state index is 0.107. The van der Waals surface area contributed by atoms with Gasteiger partial charge in [0.25, 0.3) is 11.5 Å². The molecular weight excluding hydrogens is 507 g/mol. The van der Waals surface area contributed by atoms with Crippen molar-refractivity contribution in [3.8, 4) is 17.2 Å². The van der Waals surface area contributed by atoms with Gasteiger partial charge in [-0.3, -0.25) is 9.59 Å². The topological polar surface area (TPSA) is 85.2 Å². The van der Waals surface area contributed by atoms with Gasteiger partial charge in [0, 0.05) is 11.3 Å². The van der Waals surface area contributed by atoms with Gasteiger partial charge >= 0.3 is 0 Å². The van der Waals surface area contributed by atoms with Gasteiger partial charge in [0.05, 0.1) is 17.9 Å². The summed E-state index contributed by atoms with van der Waals surface area (Å²) in [6, 6.07) is 29.1. The molecule has 0 fully saturated rings. The molecular formula is C32H27FN4O3. The number of halogens is 1. The van der Waals surface area contributed by atoms with Crippen LogP contribution in [0.4, 0.5) is 15.8 Å². The van der Waals surface area contributed by atoms with Crippen molar-refractivity contribution < 1.29 is 13.9 Å². The summed E-state index contributed by atoms with van der Waals surface area (Å²) in [7, 11) is 0. The van der Waals surface area contributed by atoms with E-state index in [0.717, 1.165) is 15.8 Å². The second-order valence-electron chi connectivity index (χ2n) is 9.30. The van der Waals surface area contributed by atoms with Crippen LogP contribution in [0.2, 0.25) is 0 Å². The zero-order chi connectivity index (χ0) is 28.1. The fourth-order valence-corrected chi connectivity index (χ4v) is 4.12. The molecule has 200 valence electrons. The Morgan fingerprint density at radius 3 is 2.38 bits per heavy atom. The Balaban J connectivity index is 1.47. The van der Waals surface area contributed by atoms with E-state index in [-0.39, 0.29) is 23.4 Å². The van der Waals surface area contributed by atoms with E-state index in [4.69, 9.17) is 4.74 Å². The van der Waals surface area contributed by atoms with Gasteiger partial charge < -0.3 is 15.4 Å². The number of anilines is 2. The number of aryl methyl sites for hydroxylation is 1. The summed E-state index contributed by atoms with van der Waals surface area (Å²) in [5.41, 5.74) is 2.95. The van der Waals surface area contributed by atoms with Crippen molar-refractivity contribution in [2.24, 2.45) is 0 Å². The van der Waals surface area contributed by atoms with E-state index in [1.165, 1.54) is 30.5 Å². The van der Waals surface area contributed by atoms with E-state index in [1.807, 2.05) is 56.3 Å². The summed E-state index contributed by atoms with van der Waals surface area (Å²) < 4.78 is 20.7. The molecule has 0 aliphatic rings. The van der Waals surface area contributed by atoms with Crippen molar-refractivity contribution in [2.75, 3.05) is 5.32 Å². The van der Waals surface area contributed by atoms with E-state index in [2.05, 4.69) is 15.7 Å². The number of carbonyl (C=O) groups excluding carboxylic acids is 1. The average Bonchev–Trinajstić information content (AvgIpc) is 2.97. The summed E-state index contributed by atoms with van der Waals surface area (Å²) in [6.45, 7) is 3.88. The highest BCUT2D eigenvalue weighted by Gasteiger charge is 2.17. The van der Waals surface area contributed by atoms with E-state index in [0.29, 0.717) is 22.7 Å². The van der Waals surface area contributed by atoms with Gasteiger partial charge in [0.15, 0.2) is 11.4 Å². The van der Waals surface area contributed by atoms with Crippen LogP contribution < -0.4 is 20.9 Å².